The molecule has 3 heterocycles. The van der Waals surface area contributed by atoms with Crippen LogP contribution in [0.15, 0.2) is 19.7 Å². The number of carbonyl (C=O) groups excluding carboxylic acids is 4. The fourth-order valence-electron chi connectivity index (χ4n) is 2.51. The first-order chi connectivity index (χ1) is 10.9. The van der Waals surface area contributed by atoms with Gasteiger partial charge in [0, 0.05) is 0 Å². The van der Waals surface area contributed by atoms with Gasteiger partial charge in [-0.1, -0.05) is 12.2 Å². The van der Waals surface area contributed by atoms with Crippen molar-refractivity contribution in [3.05, 3.63) is 30.9 Å². The molecule has 0 amide bonds. The molecule has 0 bridgehead atoms. The maximum absolute atomic E-state index is 11.0. The summed E-state index contributed by atoms with van der Waals surface area (Å²) in [6, 6.07) is 0. The Morgan fingerprint density at radius 3 is 1.70 bits per heavy atom. The average Bonchev–Trinajstić information content (AvgIpc) is 3.08. The van der Waals surface area contributed by atoms with Gasteiger partial charge >= 0.3 is 23.9 Å². The van der Waals surface area contributed by atoms with Crippen LogP contribution in [0.5, 0.6) is 0 Å². The Labute approximate surface area is 151 Å². The molecule has 1 aliphatic carbocycles. The van der Waals surface area contributed by atoms with Crippen molar-refractivity contribution in [1.29, 1.82) is 0 Å². The minimum Gasteiger partial charge on any atom is -0.393 e. The second-order valence-corrected chi connectivity index (χ2v) is 8.63. The van der Waals surface area contributed by atoms with E-state index in [0.717, 1.165) is 0 Å². The number of fused-ring (bicyclic) bond motifs is 2. The summed E-state index contributed by atoms with van der Waals surface area (Å²) in [6.45, 7) is 0. The molecule has 9 heteroatoms. The third-order valence-corrected chi connectivity index (χ3v) is 6.19. The number of hydrogen-bond donors (Lipinski definition) is 0. The molecule has 0 aromatic carbocycles. The molecule has 0 saturated carbocycles. The van der Waals surface area contributed by atoms with Crippen molar-refractivity contribution in [3.63, 3.8) is 0 Å². The Balaban J connectivity index is 0.000000136. The molecule has 6 nitrogen and oxygen atoms in total. The highest BCUT2D eigenvalue weighted by Gasteiger charge is 2.43. The summed E-state index contributed by atoms with van der Waals surface area (Å²) in [6.07, 6.45) is 5.19. The van der Waals surface area contributed by atoms with Crippen molar-refractivity contribution < 1.29 is 28.7 Å². The molecule has 1 fully saturated rings. The number of carbonyl (C=O) groups is 4. The number of rotatable bonds is 0. The van der Waals surface area contributed by atoms with E-state index in [1.54, 1.807) is 0 Å². The Morgan fingerprint density at radius 2 is 1.26 bits per heavy atom. The number of hydrogen-bond acceptors (Lipinski definition) is 7. The highest BCUT2D eigenvalue weighted by molar-refractivity contribution is 9.12. The zero-order valence-electron chi connectivity index (χ0n) is 11.3. The summed E-state index contributed by atoms with van der Waals surface area (Å²) in [4.78, 5) is 43.9. The van der Waals surface area contributed by atoms with E-state index in [-0.39, 0.29) is 23.8 Å². The average molecular weight is 464 g/mol. The SMILES string of the molecule is O=C1OC(=O)[C@@H]2CC=CC[C@H]12.O=C1OC(=O)c2c(Br)sc(Br)c21. The number of ether oxygens (including phenoxy) is 2. The van der Waals surface area contributed by atoms with E-state index in [0.29, 0.717) is 31.5 Å². The zero-order chi connectivity index (χ0) is 16.7. The third-order valence-electron chi connectivity index (χ3n) is 3.66. The quantitative estimate of drug-likeness (QED) is 0.333. The van der Waals surface area contributed by atoms with Gasteiger partial charge in [-0.15, -0.1) is 11.3 Å². The lowest BCUT2D eigenvalue weighted by molar-refractivity contribution is -0.153. The highest BCUT2D eigenvalue weighted by atomic mass is 79.9. The maximum Gasteiger partial charge on any atom is 0.348 e. The lowest BCUT2D eigenvalue weighted by Crippen LogP contribution is -2.18. The summed E-state index contributed by atoms with van der Waals surface area (Å²) in [7, 11) is 0. The smallest absolute Gasteiger partial charge is 0.348 e. The van der Waals surface area contributed by atoms with Gasteiger partial charge in [-0.05, 0) is 44.7 Å². The van der Waals surface area contributed by atoms with Crippen molar-refractivity contribution in [1.82, 2.24) is 0 Å². The van der Waals surface area contributed by atoms with E-state index >= 15 is 0 Å². The fourth-order valence-corrected chi connectivity index (χ4v) is 5.59. The molecule has 3 aliphatic rings. The molecule has 4 rings (SSSR count). The molecular weight excluding hydrogens is 456 g/mol. The van der Waals surface area contributed by atoms with Gasteiger partial charge in [-0.25, -0.2) is 9.59 Å². The number of esters is 4. The van der Waals surface area contributed by atoms with Gasteiger partial charge in [-0.3, -0.25) is 9.59 Å². The van der Waals surface area contributed by atoms with E-state index < -0.39 is 11.9 Å². The molecular formula is C14H8Br2O6S. The lowest BCUT2D eigenvalue weighted by atomic mass is 9.85. The lowest BCUT2D eigenvalue weighted by Gasteiger charge is -2.12. The molecule has 23 heavy (non-hydrogen) atoms. The number of cyclic esters (lactones) is 4. The topological polar surface area (TPSA) is 86.7 Å². The Kier molecular flexibility index (Phi) is 4.52. The first-order valence-electron chi connectivity index (χ1n) is 6.55. The van der Waals surface area contributed by atoms with Crippen molar-refractivity contribution in [2.75, 3.05) is 0 Å². The van der Waals surface area contributed by atoms with Gasteiger partial charge in [0.05, 0.1) is 19.4 Å². The Bertz CT molecular complexity index is 707. The van der Waals surface area contributed by atoms with Gasteiger partial charge in [0.2, 0.25) is 0 Å². The second-order valence-electron chi connectivity index (χ2n) is 4.97. The molecule has 120 valence electrons. The van der Waals surface area contributed by atoms with Crippen LogP contribution < -0.4 is 0 Å². The highest BCUT2D eigenvalue weighted by Crippen LogP contribution is 2.40. The van der Waals surface area contributed by atoms with Gasteiger partial charge < -0.3 is 9.47 Å². The van der Waals surface area contributed by atoms with Crippen molar-refractivity contribution in [3.8, 4) is 0 Å². The zero-order valence-corrected chi connectivity index (χ0v) is 15.3. The molecule has 0 spiro atoms. The maximum atomic E-state index is 11.0. The number of thiophene rings is 1. The third kappa shape index (κ3) is 2.92. The largest absolute Gasteiger partial charge is 0.393 e. The van der Waals surface area contributed by atoms with Crippen LogP contribution in [0.25, 0.3) is 0 Å². The Hall–Kier alpha value is -1.32. The predicted octanol–water partition coefficient (Wildman–Crippen LogP) is 3.24. The first kappa shape index (κ1) is 16.5. The van der Waals surface area contributed by atoms with Gasteiger partial charge in [-0.2, -0.15) is 0 Å². The Morgan fingerprint density at radius 1 is 0.826 bits per heavy atom. The van der Waals surface area contributed by atoms with E-state index in [2.05, 4.69) is 41.3 Å². The molecule has 0 unspecified atom stereocenters. The molecule has 0 N–H and O–H groups in total. The summed E-state index contributed by atoms with van der Waals surface area (Å²) >= 11 is 7.63. The molecule has 2 aliphatic heterocycles. The molecule has 1 aromatic rings. The summed E-state index contributed by atoms with van der Waals surface area (Å²) < 4.78 is 10.1. The normalized spacial score (nSPS) is 24.6. The summed E-state index contributed by atoms with van der Waals surface area (Å²) in [5.41, 5.74) is 0.661. The van der Waals surface area contributed by atoms with Gasteiger partial charge in [0.1, 0.15) is 11.1 Å². The molecule has 2 atom stereocenters. The summed E-state index contributed by atoms with van der Waals surface area (Å²) in [5.74, 6) is -2.22. The van der Waals surface area contributed by atoms with Crippen LogP contribution in [-0.4, -0.2) is 23.9 Å². The molecule has 1 saturated heterocycles. The molecule has 1 aromatic heterocycles. The standard InChI is InChI=1S/C8H8O3.C6Br2O3S/c9-7-5-3-1-2-4-6(5)8(10)11-7;7-3-1-2(4(8)12-3)6(10)11-5(1)9/h1-2,5-6H,3-4H2;/t5-,6+;. The second kappa shape index (κ2) is 6.29. The fraction of sp³-hybridized carbons (Fsp3) is 0.286. The van der Waals surface area contributed by atoms with Crippen LogP contribution in [-0.2, 0) is 19.1 Å². The first-order valence-corrected chi connectivity index (χ1v) is 8.95. The van der Waals surface area contributed by atoms with E-state index in [9.17, 15) is 19.2 Å². The van der Waals surface area contributed by atoms with Crippen LogP contribution in [0.3, 0.4) is 0 Å². The van der Waals surface area contributed by atoms with Crippen LogP contribution in [0, 0.1) is 11.8 Å². The van der Waals surface area contributed by atoms with Crippen molar-refractivity contribution in [2.45, 2.75) is 12.8 Å². The predicted molar refractivity (Wildman–Crippen MR) is 85.9 cm³/mol. The molecule has 0 radical (unpaired) electrons. The van der Waals surface area contributed by atoms with E-state index in [1.807, 2.05) is 12.2 Å². The van der Waals surface area contributed by atoms with Crippen LogP contribution in [0.2, 0.25) is 0 Å². The minimum absolute atomic E-state index is 0.188. The summed E-state index contributed by atoms with van der Waals surface area (Å²) in [5, 5.41) is 0. The van der Waals surface area contributed by atoms with Crippen molar-refractivity contribution >= 4 is 67.1 Å². The van der Waals surface area contributed by atoms with Gasteiger partial charge in [0.15, 0.2) is 0 Å². The monoisotopic (exact) mass is 462 g/mol. The van der Waals surface area contributed by atoms with Crippen LogP contribution in [0.4, 0.5) is 0 Å². The number of allylic oxidation sites excluding steroid dienone is 2. The minimum atomic E-state index is -0.580. The van der Waals surface area contributed by atoms with Crippen LogP contribution in [0.1, 0.15) is 33.6 Å². The van der Waals surface area contributed by atoms with E-state index in [1.165, 1.54) is 11.3 Å². The number of halogens is 2. The van der Waals surface area contributed by atoms with Gasteiger partial charge in [0.25, 0.3) is 0 Å². The van der Waals surface area contributed by atoms with Crippen molar-refractivity contribution in [2.24, 2.45) is 11.8 Å². The van der Waals surface area contributed by atoms with E-state index in [4.69, 9.17) is 0 Å². The van der Waals surface area contributed by atoms with Crippen LogP contribution >= 0.6 is 43.2 Å².